The lowest BCUT2D eigenvalue weighted by Gasteiger charge is -2.27. The zero-order valence-corrected chi connectivity index (χ0v) is 14.2. The van der Waals surface area contributed by atoms with Gasteiger partial charge >= 0.3 is 0 Å². The molecule has 0 amide bonds. The number of aliphatic hydroxyl groups excluding tert-OH is 1. The lowest BCUT2D eigenvalue weighted by molar-refractivity contribution is -0.0124. The Morgan fingerprint density at radius 3 is 2.05 bits per heavy atom. The SMILES string of the molecule is C=C(O)C(OCC(CC)CCCC)C(CC)CCCC. The van der Waals surface area contributed by atoms with Crippen molar-refractivity contribution in [1.29, 1.82) is 0 Å². The van der Waals surface area contributed by atoms with Gasteiger partial charge in [-0.3, -0.25) is 0 Å². The predicted molar refractivity (Wildman–Crippen MR) is 88.1 cm³/mol. The summed E-state index contributed by atoms with van der Waals surface area (Å²) in [4.78, 5) is 0. The van der Waals surface area contributed by atoms with Gasteiger partial charge in [-0.2, -0.15) is 0 Å². The molecule has 3 unspecified atom stereocenters. The highest BCUT2D eigenvalue weighted by atomic mass is 16.5. The molecule has 0 saturated carbocycles. The monoisotopic (exact) mass is 284 g/mol. The van der Waals surface area contributed by atoms with Gasteiger partial charge in [0.1, 0.15) is 11.9 Å². The Morgan fingerprint density at radius 1 is 1.00 bits per heavy atom. The van der Waals surface area contributed by atoms with Gasteiger partial charge in [-0.15, -0.1) is 0 Å². The molecule has 0 fully saturated rings. The van der Waals surface area contributed by atoms with Gasteiger partial charge in [0, 0.05) is 0 Å². The zero-order chi connectivity index (χ0) is 15.4. The molecule has 2 heteroatoms. The van der Waals surface area contributed by atoms with Crippen molar-refractivity contribution in [3.8, 4) is 0 Å². The van der Waals surface area contributed by atoms with Gasteiger partial charge in [0.05, 0.1) is 6.61 Å². The molecule has 0 saturated heterocycles. The van der Waals surface area contributed by atoms with E-state index in [9.17, 15) is 5.11 Å². The third-order valence-corrected chi connectivity index (χ3v) is 4.26. The molecule has 3 atom stereocenters. The molecule has 2 nitrogen and oxygen atoms in total. The van der Waals surface area contributed by atoms with Crippen LogP contribution in [0, 0.1) is 11.8 Å². The Hall–Kier alpha value is -0.500. The number of ether oxygens (including phenoxy) is 1. The number of aliphatic hydroxyl groups is 1. The van der Waals surface area contributed by atoms with Crippen LogP contribution in [0.3, 0.4) is 0 Å². The van der Waals surface area contributed by atoms with E-state index in [1.54, 1.807) is 0 Å². The Morgan fingerprint density at radius 2 is 1.60 bits per heavy atom. The van der Waals surface area contributed by atoms with Crippen molar-refractivity contribution in [3.63, 3.8) is 0 Å². The molecule has 0 heterocycles. The van der Waals surface area contributed by atoms with E-state index < -0.39 is 0 Å². The quantitative estimate of drug-likeness (QED) is 0.428. The second-order valence-corrected chi connectivity index (χ2v) is 5.97. The minimum Gasteiger partial charge on any atom is -0.510 e. The highest BCUT2D eigenvalue weighted by Gasteiger charge is 2.24. The number of hydrogen-bond donors (Lipinski definition) is 1. The molecule has 0 bridgehead atoms. The van der Waals surface area contributed by atoms with E-state index in [-0.39, 0.29) is 11.9 Å². The molecule has 0 aliphatic carbocycles. The zero-order valence-electron chi connectivity index (χ0n) is 14.2. The average molecular weight is 284 g/mol. The van der Waals surface area contributed by atoms with Crippen LogP contribution >= 0.6 is 0 Å². The van der Waals surface area contributed by atoms with Crippen molar-refractivity contribution in [3.05, 3.63) is 12.3 Å². The van der Waals surface area contributed by atoms with Gasteiger partial charge in [0.25, 0.3) is 0 Å². The third-order valence-electron chi connectivity index (χ3n) is 4.26. The molecule has 0 aliphatic heterocycles. The second-order valence-electron chi connectivity index (χ2n) is 5.97. The molecule has 0 aromatic heterocycles. The van der Waals surface area contributed by atoms with Crippen LogP contribution < -0.4 is 0 Å². The van der Waals surface area contributed by atoms with Gasteiger partial charge < -0.3 is 9.84 Å². The Kier molecular flexibility index (Phi) is 12.0. The van der Waals surface area contributed by atoms with E-state index in [1.165, 1.54) is 32.1 Å². The molecule has 0 aromatic carbocycles. The maximum atomic E-state index is 9.86. The summed E-state index contributed by atoms with van der Waals surface area (Å²) in [6.07, 6.45) is 9.23. The first-order valence-corrected chi connectivity index (χ1v) is 8.59. The minimum absolute atomic E-state index is 0.178. The summed E-state index contributed by atoms with van der Waals surface area (Å²) in [5.41, 5.74) is 0. The van der Waals surface area contributed by atoms with Crippen molar-refractivity contribution in [2.75, 3.05) is 6.61 Å². The van der Waals surface area contributed by atoms with Crippen molar-refractivity contribution in [2.45, 2.75) is 85.2 Å². The smallest absolute Gasteiger partial charge is 0.116 e. The Bertz CT molecular complexity index is 238. The summed E-state index contributed by atoms with van der Waals surface area (Å²) in [7, 11) is 0. The van der Waals surface area contributed by atoms with E-state index in [2.05, 4.69) is 34.3 Å². The summed E-state index contributed by atoms with van der Waals surface area (Å²) in [6, 6.07) is 0. The lowest BCUT2D eigenvalue weighted by atomic mass is 9.92. The van der Waals surface area contributed by atoms with Crippen molar-refractivity contribution >= 4 is 0 Å². The molecular formula is C18H36O2. The van der Waals surface area contributed by atoms with Crippen LogP contribution in [-0.2, 0) is 4.74 Å². The Balaban J connectivity index is 4.39. The van der Waals surface area contributed by atoms with Gasteiger partial charge in [0.15, 0.2) is 0 Å². The van der Waals surface area contributed by atoms with Gasteiger partial charge in [0.2, 0.25) is 0 Å². The van der Waals surface area contributed by atoms with E-state index in [0.717, 1.165) is 25.9 Å². The first kappa shape index (κ1) is 19.5. The van der Waals surface area contributed by atoms with Crippen LogP contribution in [0.1, 0.15) is 79.1 Å². The van der Waals surface area contributed by atoms with Crippen molar-refractivity contribution < 1.29 is 9.84 Å². The van der Waals surface area contributed by atoms with Crippen LogP contribution in [0.15, 0.2) is 12.3 Å². The van der Waals surface area contributed by atoms with E-state index in [1.807, 2.05) is 0 Å². The summed E-state index contributed by atoms with van der Waals surface area (Å²) >= 11 is 0. The molecule has 1 N–H and O–H groups in total. The predicted octanol–water partition coefficient (Wildman–Crippen LogP) is 5.88. The minimum atomic E-state index is -0.178. The van der Waals surface area contributed by atoms with Crippen LogP contribution in [0.25, 0.3) is 0 Å². The van der Waals surface area contributed by atoms with Crippen LogP contribution in [0.5, 0.6) is 0 Å². The van der Waals surface area contributed by atoms with Crippen LogP contribution in [0.4, 0.5) is 0 Å². The first-order valence-electron chi connectivity index (χ1n) is 8.59. The van der Waals surface area contributed by atoms with Crippen molar-refractivity contribution in [1.82, 2.24) is 0 Å². The molecule has 0 aromatic rings. The Labute approximate surface area is 126 Å². The average Bonchev–Trinajstić information content (AvgIpc) is 2.45. The molecule has 20 heavy (non-hydrogen) atoms. The highest BCUT2D eigenvalue weighted by molar-refractivity contribution is 4.94. The molecule has 0 aliphatic rings. The molecule has 0 rings (SSSR count). The number of rotatable bonds is 13. The largest absolute Gasteiger partial charge is 0.510 e. The topological polar surface area (TPSA) is 29.5 Å². The number of unbranched alkanes of at least 4 members (excludes halogenated alkanes) is 2. The lowest BCUT2D eigenvalue weighted by Crippen LogP contribution is -2.28. The molecular weight excluding hydrogens is 248 g/mol. The highest BCUT2D eigenvalue weighted by Crippen LogP contribution is 2.25. The fourth-order valence-corrected chi connectivity index (χ4v) is 2.68. The maximum Gasteiger partial charge on any atom is 0.116 e. The molecule has 120 valence electrons. The van der Waals surface area contributed by atoms with Crippen molar-refractivity contribution in [2.24, 2.45) is 11.8 Å². The molecule has 0 spiro atoms. The first-order chi connectivity index (χ1) is 9.60. The second kappa shape index (κ2) is 12.3. The van der Waals surface area contributed by atoms with Gasteiger partial charge in [-0.1, -0.05) is 72.8 Å². The fraction of sp³-hybridized carbons (Fsp3) is 0.889. The fourth-order valence-electron chi connectivity index (χ4n) is 2.68. The van der Waals surface area contributed by atoms with Gasteiger partial charge in [-0.05, 0) is 24.7 Å². The summed E-state index contributed by atoms with van der Waals surface area (Å²) in [5.74, 6) is 1.22. The number of hydrogen-bond acceptors (Lipinski definition) is 2. The summed E-state index contributed by atoms with van der Waals surface area (Å²) in [5, 5.41) is 9.86. The third kappa shape index (κ3) is 7.94. The normalized spacial score (nSPS) is 15.8. The molecule has 0 radical (unpaired) electrons. The van der Waals surface area contributed by atoms with E-state index in [4.69, 9.17) is 4.74 Å². The standard InChI is InChI=1S/C18H36O2/c1-6-10-12-16(8-3)14-20-18(15(5)19)17(9-4)13-11-7-2/h16-19H,5-14H2,1-4H3. The van der Waals surface area contributed by atoms with E-state index >= 15 is 0 Å². The van der Waals surface area contributed by atoms with Crippen LogP contribution in [-0.4, -0.2) is 17.8 Å². The van der Waals surface area contributed by atoms with E-state index in [0.29, 0.717) is 11.8 Å². The van der Waals surface area contributed by atoms with Gasteiger partial charge in [-0.25, -0.2) is 0 Å². The summed E-state index contributed by atoms with van der Waals surface area (Å²) < 4.78 is 6.05. The summed E-state index contributed by atoms with van der Waals surface area (Å²) in [6.45, 7) is 13.3. The van der Waals surface area contributed by atoms with Crippen LogP contribution in [0.2, 0.25) is 0 Å². The maximum absolute atomic E-state index is 9.86.